The zero-order valence-electron chi connectivity index (χ0n) is 22.2. The molecular formula is C28H36N4O5. The number of rotatable bonds is 13. The number of nitrogens with one attached hydrogen (secondary N) is 1. The Morgan fingerprint density at radius 2 is 1.49 bits per heavy atom. The molecule has 0 saturated carbocycles. The van der Waals surface area contributed by atoms with Gasteiger partial charge in [-0.3, -0.25) is 0 Å². The van der Waals surface area contributed by atoms with Crippen LogP contribution in [0, 0.1) is 6.92 Å². The SMILES string of the molecule is CCC[C@@H](CO)Nc1nc(N(Cc2ccc(OC)cc2)Cc2ccc(OC)cc2)nc(C)c1C(=O)OC. The van der Waals surface area contributed by atoms with E-state index in [1.807, 2.05) is 60.4 Å². The van der Waals surface area contributed by atoms with Crippen LogP contribution in [-0.2, 0) is 17.8 Å². The van der Waals surface area contributed by atoms with Crippen molar-refractivity contribution in [1.29, 1.82) is 0 Å². The molecule has 0 aliphatic rings. The van der Waals surface area contributed by atoms with Crippen LogP contribution in [0.5, 0.6) is 11.5 Å². The summed E-state index contributed by atoms with van der Waals surface area (Å²) in [5.41, 5.74) is 2.83. The van der Waals surface area contributed by atoms with E-state index in [1.54, 1.807) is 21.1 Å². The van der Waals surface area contributed by atoms with E-state index in [1.165, 1.54) is 7.11 Å². The highest BCUT2D eigenvalue weighted by Gasteiger charge is 2.24. The van der Waals surface area contributed by atoms with E-state index < -0.39 is 5.97 Å². The summed E-state index contributed by atoms with van der Waals surface area (Å²) in [7, 11) is 4.60. The zero-order chi connectivity index (χ0) is 26.8. The lowest BCUT2D eigenvalue weighted by molar-refractivity contribution is 0.0600. The summed E-state index contributed by atoms with van der Waals surface area (Å²) in [6, 6.07) is 15.4. The minimum Gasteiger partial charge on any atom is -0.497 e. The van der Waals surface area contributed by atoms with Crippen LogP contribution in [0.25, 0.3) is 0 Å². The van der Waals surface area contributed by atoms with Crippen LogP contribution in [0.15, 0.2) is 48.5 Å². The molecule has 37 heavy (non-hydrogen) atoms. The van der Waals surface area contributed by atoms with Gasteiger partial charge in [-0.15, -0.1) is 0 Å². The van der Waals surface area contributed by atoms with E-state index in [-0.39, 0.29) is 18.2 Å². The number of benzene rings is 2. The third kappa shape index (κ3) is 7.33. The predicted octanol–water partition coefficient (Wildman–Crippen LogP) is 4.37. The second-order valence-corrected chi connectivity index (χ2v) is 8.69. The van der Waals surface area contributed by atoms with Crippen LogP contribution in [0.3, 0.4) is 0 Å². The molecule has 1 aromatic heterocycles. The fourth-order valence-electron chi connectivity index (χ4n) is 4.00. The molecule has 0 aliphatic carbocycles. The summed E-state index contributed by atoms with van der Waals surface area (Å²) in [6.45, 7) is 4.74. The van der Waals surface area contributed by atoms with Crippen molar-refractivity contribution in [3.05, 3.63) is 70.9 Å². The first-order valence-corrected chi connectivity index (χ1v) is 12.3. The number of esters is 1. The fourth-order valence-corrected chi connectivity index (χ4v) is 4.00. The topological polar surface area (TPSA) is 106 Å². The van der Waals surface area contributed by atoms with Gasteiger partial charge in [-0.25, -0.2) is 9.78 Å². The first-order valence-electron chi connectivity index (χ1n) is 12.3. The van der Waals surface area contributed by atoms with Crippen molar-refractivity contribution in [3.8, 4) is 11.5 Å². The predicted molar refractivity (Wildman–Crippen MR) is 143 cm³/mol. The van der Waals surface area contributed by atoms with Gasteiger partial charge >= 0.3 is 5.97 Å². The van der Waals surface area contributed by atoms with Crippen LogP contribution in [0.1, 0.15) is 46.9 Å². The summed E-state index contributed by atoms with van der Waals surface area (Å²) < 4.78 is 15.6. The van der Waals surface area contributed by atoms with Gasteiger partial charge in [-0.2, -0.15) is 4.98 Å². The minimum absolute atomic E-state index is 0.0890. The number of carbonyl (C=O) groups excluding carboxylic acids is 1. The molecule has 3 rings (SSSR count). The van der Waals surface area contributed by atoms with Crippen LogP contribution in [0.2, 0.25) is 0 Å². The Hall–Kier alpha value is -3.85. The van der Waals surface area contributed by atoms with Crippen LogP contribution < -0.4 is 19.7 Å². The van der Waals surface area contributed by atoms with E-state index in [0.29, 0.717) is 30.5 Å². The maximum Gasteiger partial charge on any atom is 0.343 e. The number of aryl methyl sites for hydroxylation is 1. The molecule has 0 unspecified atom stereocenters. The van der Waals surface area contributed by atoms with Crippen LogP contribution in [0.4, 0.5) is 11.8 Å². The number of ether oxygens (including phenoxy) is 3. The first kappa shape index (κ1) is 27.7. The number of aliphatic hydroxyl groups excluding tert-OH is 1. The second kappa shape index (κ2) is 13.5. The lowest BCUT2D eigenvalue weighted by atomic mass is 10.1. The molecule has 9 heteroatoms. The van der Waals surface area contributed by atoms with Gasteiger partial charge in [0.2, 0.25) is 5.95 Å². The Kier molecular flexibility index (Phi) is 10.1. The maximum atomic E-state index is 12.6. The highest BCUT2D eigenvalue weighted by atomic mass is 16.5. The van der Waals surface area contributed by atoms with Crippen molar-refractivity contribution in [3.63, 3.8) is 0 Å². The quantitative estimate of drug-likeness (QED) is 0.326. The van der Waals surface area contributed by atoms with Crippen molar-refractivity contribution in [1.82, 2.24) is 9.97 Å². The molecule has 0 spiro atoms. The third-order valence-corrected chi connectivity index (χ3v) is 6.01. The number of anilines is 2. The fraction of sp³-hybridized carbons (Fsp3) is 0.393. The summed E-state index contributed by atoms with van der Waals surface area (Å²) >= 11 is 0. The smallest absolute Gasteiger partial charge is 0.343 e. The summed E-state index contributed by atoms with van der Waals surface area (Å²) in [5.74, 6) is 1.82. The Labute approximate surface area is 218 Å². The van der Waals surface area contributed by atoms with Crippen molar-refractivity contribution in [2.24, 2.45) is 0 Å². The number of nitrogens with zero attached hydrogens (tertiary/aromatic N) is 3. The van der Waals surface area contributed by atoms with Gasteiger partial charge in [0.15, 0.2) is 0 Å². The number of aromatic nitrogens is 2. The molecule has 0 saturated heterocycles. The van der Waals surface area contributed by atoms with Crippen LogP contribution >= 0.6 is 0 Å². The second-order valence-electron chi connectivity index (χ2n) is 8.69. The monoisotopic (exact) mass is 508 g/mol. The van der Waals surface area contributed by atoms with E-state index in [2.05, 4.69) is 5.32 Å². The summed E-state index contributed by atoms with van der Waals surface area (Å²) in [6.07, 6.45) is 1.58. The zero-order valence-corrected chi connectivity index (χ0v) is 22.2. The molecule has 2 aromatic carbocycles. The standard InChI is InChI=1S/C28H36N4O5/c1-6-7-22(18-33)30-26-25(27(34)37-5)19(2)29-28(31-26)32(16-20-8-12-23(35-3)13-9-20)17-21-10-14-24(36-4)15-11-21/h8-15,22,33H,6-7,16-18H2,1-5H3,(H,29,30,31)/t22-/m0/s1. The van der Waals surface area contributed by atoms with Gasteiger partial charge in [-0.05, 0) is 48.7 Å². The molecule has 2 N–H and O–H groups in total. The van der Waals surface area contributed by atoms with Gasteiger partial charge in [0.05, 0.1) is 39.7 Å². The highest BCUT2D eigenvalue weighted by Crippen LogP contribution is 2.26. The molecule has 9 nitrogen and oxygen atoms in total. The maximum absolute atomic E-state index is 12.6. The van der Waals surface area contributed by atoms with Gasteiger partial charge in [0.1, 0.15) is 22.9 Å². The van der Waals surface area contributed by atoms with Gasteiger partial charge in [0, 0.05) is 13.1 Å². The number of carbonyl (C=O) groups is 1. The van der Waals surface area contributed by atoms with E-state index >= 15 is 0 Å². The Bertz CT molecular complexity index is 1100. The molecule has 198 valence electrons. The summed E-state index contributed by atoms with van der Waals surface area (Å²) in [4.78, 5) is 24.1. The molecule has 0 amide bonds. The molecule has 0 bridgehead atoms. The Balaban J connectivity index is 2.05. The first-order chi connectivity index (χ1) is 17.9. The summed E-state index contributed by atoms with van der Waals surface area (Å²) in [5, 5.41) is 13.1. The van der Waals surface area contributed by atoms with Gasteiger partial charge in [-0.1, -0.05) is 37.6 Å². The lowest BCUT2D eigenvalue weighted by Crippen LogP contribution is -2.29. The number of aliphatic hydroxyl groups is 1. The Morgan fingerprint density at radius 1 is 0.946 bits per heavy atom. The molecular weight excluding hydrogens is 472 g/mol. The molecule has 0 aliphatic heterocycles. The third-order valence-electron chi connectivity index (χ3n) is 6.01. The molecule has 1 heterocycles. The molecule has 0 radical (unpaired) electrons. The molecule has 3 aromatic rings. The van der Waals surface area contributed by atoms with E-state index in [0.717, 1.165) is 35.5 Å². The Morgan fingerprint density at radius 3 is 1.92 bits per heavy atom. The van der Waals surface area contributed by atoms with Gasteiger partial charge < -0.3 is 29.5 Å². The lowest BCUT2D eigenvalue weighted by Gasteiger charge is -2.26. The van der Waals surface area contributed by atoms with E-state index in [4.69, 9.17) is 24.2 Å². The van der Waals surface area contributed by atoms with Gasteiger partial charge in [0.25, 0.3) is 0 Å². The van der Waals surface area contributed by atoms with Crippen molar-refractivity contribution < 1.29 is 24.1 Å². The largest absolute Gasteiger partial charge is 0.497 e. The van der Waals surface area contributed by atoms with Crippen LogP contribution in [-0.4, -0.2) is 55.0 Å². The van der Waals surface area contributed by atoms with E-state index in [9.17, 15) is 9.90 Å². The van der Waals surface area contributed by atoms with Crippen molar-refractivity contribution in [2.75, 3.05) is 38.2 Å². The van der Waals surface area contributed by atoms with Crippen molar-refractivity contribution >= 4 is 17.7 Å². The molecule has 0 fully saturated rings. The van der Waals surface area contributed by atoms with Crippen molar-refractivity contribution in [2.45, 2.75) is 45.8 Å². The molecule has 1 atom stereocenters. The highest BCUT2D eigenvalue weighted by molar-refractivity contribution is 5.96. The number of hydrogen-bond acceptors (Lipinski definition) is 9. The average Bonchev–Trinajstić information content (AvgIpc) is 2.92. The normalized spacial score (nSPS) is 11.5. The number of methoxy groups -OCH3 is 3. The minimum atomic E-state index is -0.531. The number of hydrogen-bond donors (Lipinski definition) is 2. The average molecular weight is 509 g/mol.